The molecule has 0 saturated carbocycles. The van der Waals surface area contributed by atoms with Crippen molar-refractivity contribution in [3.63, 3.8) is 0 Å². The quantitative estimate of drug-likeness (QED) is 0.833. The van der Waals surface area contributed by atoms with Crippen molar-refractivity contribution in [2.24, 2.45) is 5.73 Å². The van der Waals surface area contributed by atoms with E-state index in [1.54, 1.807) is 13.0 Å². The number of nitrogens with one attached hydrogen (secondary N) is 1. The van der Waals surface area contributed by atoms with Crippen molar-refractivity contribution >= 4 is 37.3 Å². The van der Waals surface area contributed by atoms with Gasteiger partial charge in [-0.2, -0.15) is 0 Å². The van der Waals surface area contributed by atoms with Crippen LogP contribution in [0.4, 0.5) is 0 Å². The fourth-order valence-electron chi connectivity index (χ4n) is 1.55. The predicted octanol–water partition coefficient (Wildman–Crippen LogP) is 2.22. The van der Waals surface area contributed by atoms with Crippen LogP contribution in [0.25, 0.3) is 0 Å². The Morgan fingerprint density at radius 2 is 2.24 bits per heavy atom. The molecule has 1 unspecified atom stereocenters. The van der Waals surface area contributed by atoms with Gasteiger partial charge in [-0.3, -0.25) is 0 Å². The molecule has 0 spiro atoms. The van der Waals surface area contributed by atoms with Crippen molar-refractivity contribution in [3.05, 3.63) is 14.7 Å². The van der Waals surface area contributed by atoms with Gasteiger partial charge in [-0.05, 0) is 35.3 Å². The summed E-state index contributed by atoms with van der Waals surface area (Å²) in [5, 5.41) is 0. The zero-order chi connectivity index (χ0) is 13.1. The van der Waals surface area contributed by atoms with E-state index in [-0.39, 0.29) is 6.04 Å². The highest BCUT2D eigenvalue weighted by molar-refractivity contribution is 9.11. The molecule has 3 N–H and O–H groups in total. The number of halogens is 1. The van der Waals surface area contributed by atoms with E-state index in [9.17, 15) is 8.42 Å². The molecular weight excluding hydrogens is 324 g/mol. The first kappa shape index (κ1) is 15.1. The van der Waals surface area contributed by atoms with Crippen LogP contribution in [0, 0.1) is 6.92 Å². The number of thiophene rings is 1. The van der Waals surface area contributed by atoms with Crippen LogP contribution in [0.5, 0.6) is 0 Å². The smallest absolute Gasteiger partial charge is 0.241 e. The summed E-state index contributed by atoms with van der Waals surface area (Å²) in [6.07, 6.45) is 1.65. The average molecular weight is 341 g/mol. The number of hydrogen-bond donors (Lipinski definition) is 2. The standard InChI is InChI=1S/C10H17BrN2O2S2/c1-3-4-8(6-12)13-17(14,15)9-5-10(11)16-7(9)2/h5,8,13H,3-4,6,12H2,1-2H3. The van der Waals surface area contributed by atoms with E-state index < -0.39 is 10.0 Å². The van der Waals surface area contributed by atoms with Gasteiger partial charge in [0.2, 0.25) is 10.0 Å². The number of sulfonamides is 1. The van der Waals surface area contributed by atoms with Crippen molar-refractivity contribution in [1.29, 1.82) is 0 Å². The lowest BCUT2D eigenvalue weighted by atomic mass is 10.2. The lowest BCUT2D eigenvalue weighted by Crippen LogP contribution is -2.40. The number of hydrogen-bond acceptors (Lipinski definition) is 4. The Kier molecular flexibility index (Phi) is 5.59. The molecule has 0 radical (unpaired) electrons. The summed E-state index contributed by atoms with van der Waals surface area (Å²) in [7, 11) is -3.45. The van der Waals surface area contributed by atoms with Crippen LogP contribution in [-0.4, -0.2) is 21.0 Å². The van der Waals surface area contributed by atoms with Crippen LogP contribution < -0.4 is 10.5 Å². The maximum absolute atomic E-state index is 12.1. The molecule has 0 aliphatic carbocycles. The third kappa shape index (κ3) is 4.03. The molecule has 4 nitrogen and oxygen atoms in total. The average Bonchev–Trinajstić information content (AvgIpc) is 2.57. The fraction of sp³-hybridized carbons (Fsp3) is 0.600. The predicted molar refractivity (Wildman–Crippen MR) is 74.8 cm³/mol. The first-order valence-corrected chi connectivity index (χ1v) is 8.48. The summed E-state index contributed by atoms with van der Waals surface area (Å²) in [6.45, 7) is 4.11. The first-order valence-electron chi connectivity index (χ1n) is 5.39. The Labute approximate surface area is 115 Å². The maximum Gasteiger partial charge on any atom is 0.241 e. The second-order valence-electron chi connectivity index (χ2n) is 3.81. The van der Waals surface area contributed by atoms with E-state index >= 15 is 0 Å². The maximum atomic E-state index is 12.1. The van der Waals surface area contributed by atoms with Gasteiger partial charge in [0.1, 0.15) is 0 Å². The summed E-state index contributed by atoms with van der Waals surface area (Å²) in [4.78, 5) is 1.11. The molecule has 7 heteroatoms. The Morgan fingerprint density at radius 3 is 2.65 bits per heavy atom. The summed E-state index contributed by atoms with van der Waals surface area (Å²) in [5.41, 5.74) is 5.55. The number of nitrogens with two attached hydrogens (primary N) is 1. The molecule has 1 aromatic rings. The molecule has 1 aromatic heterocycles. The van der Waals surface area contributed by atoms with Gasteiger partial charge < -0.3 is 5.73 Å². The lowest BCUT2D eigenvalue weighted by molar-refractivity contribution is 0.527. The minimum Gasteiger partial charge on any atom is -0.329 e. The SMILES string of the molecule is CCCC(CN)NS(=O)(=O)c1cc(Br)sc1C. The normalized spacial score (nSPS) is 13.9. The molecule has 17 heavy (non-hydrogen) atoms. The van der Waals surface area contributed by atoms with Crippen molar-refractivity contribution in [2.45, 2.75) is 37.6 Å². The minimum atomic E-state index is -3.45. The molecule has 0 fully saturated rings. The Bertz CT molecular complexity index is 471. The van der Waals surface area contributed by atoms with Crippen molar-refractivity contribution in [2.75, 3.05) is 6.54 Å². The van der Waals surface area contributed by atoms with E-state index in [0.717, 1.165) is 21.5 Å². The molecule has 0 bridgehead atoms. The zero-order valence-corrected chi connectivity index (χ0v) is 13.1. The molecule has 0 aliphatic rings. The van der Waals surface area contributed by atoms with Crippen molar-refractivity contribution in [3.8, 4) is 0 Å². The van der Waals surface area contributed by atoms with E-state index in [2.05, 4.69) is 20.7 Å². The highest BCUT2D eigenvalue weighted by Crippen LogP contribution is 2.29. The monoisotopic (exact) mass is 340 g/mol. The van der Waals surface area contributed by atoms with Crippen LogP contribution in [0.15, 0.2) is 14.7 Å². The zero-order valence-electron chi connectivity index (χ0n) is 9.86. The van der Waals surface area contributed by atoms with Crippen LogP contribution in [0.1, 0.15) is 24.6 Å². The van der Waals surface area contributed by atoms with Crippen molar-refractivity contribution < 1.29 is 8.42 Å². The number of aryl methyl sites for hydroxylation is 1. The Hall–Kier alpha value is 0.0500. The third-order valence-corrected chi connectivity index (χ3v) is 5.70. The molecule has 1 heterocycles. The van der Waals surface area contributed by atoms with E-state index in [1.807, 2.05) is 6.92 Å². The molecule has 1 atom stereocenters. The van der Waals surface area contributed by atoms with Crippen LogP contribution >= 0.6 is 27.3 Å². The van der Waals surface area contributed by atoms with Crippen LogP contribution in [0.2, 0.25) is 0 Å². The molecule has 0 aromatic carbocycles. The van der Waals surface area contributed by atoms with E-state index in [0.29, 0.717) is 11.4 Å². The van der Waals surface area contributed by atoms with Crippen molar-refractivity contribution in [1.82, 2.24) is 4.72 Å². The van der Waals surface area contributed by atoms with Gasteiger partial charge >= 0.3 is 0 Å². The van der Waals surface area contributed by atoms with Gasteiger partial charge in [0.05, 0.1) is 8.68 Å². The topological polar surface area (TPSA) is 72.2 Å². The minimum absolute atomic E-state index is 0.192. The Balaban J connectivity index is 2.92. The van der Waals surface area contributed by atoms with Gasteiger partial charge in [-0.25, -0.2) is 13.1 Å². The summed E-state index contributed by atoms with van der Waals surface area (Å²) >= 11 is 4.70. The molecule has 98 valence electrons. The highest BCUT2D eigenvalue weighted by atomic mass is 79.9. The first-order chi connectivity index (χ1) is 7.90. The number of rotatable bonds is 6. The summed E-state index contributed by atoms with van der Waals surface area (Å²) < 4.78 is 27.7. The van der Waals surface area contributed by atoms with Gasteiger partial charge in [0.25, 0.3) is 0 Å². The van der Waals surface area contributed by atoms with Gasteiger partial charge in [-0.15, -0.1) is 11.3 Å². The third-order valence-electron chi connectivity index (χ3n) is 2.38. The second kappa shape index (κ2) is 6.29. The summed E-state index contributed by atoms with van der Waals surface area (Å²) in [5.74, 6) is 0. The molecule has 1 rings (SSSR count). The van der Waals surface area contributed by atoms with Crippen LogP contribution in [0.3, 0.4) is 0 Å². The molecule has 0 saturated heterocycles. The highest BCUT2D eigenvalue weighted by Gasteiger charge is 2.22. The van der Waals surface area contributed by atoms with Gasteiger partial charge in [0, 0.05) is 17.5 Å². The molecule has 0 amide bonds. The molecular formula is C10H17BrN2O2S2. The van der Waals surface area contributed by atoms with E-state index in [4.69, 9.17) is 5.73 Å². The second-order valence-corrected chi connectivity index (χ2v) is 8.13. The fourth-order valence-corrected chi connectivity index (χ4v) is 5.25. The van der Waals surface area contributed by atoms with E-state index in [1.165, 1.54) is 11.3 Å². The molecule has 0 aliphatic heterocycles. The summed E-state index contributed by atoms with van der Waals surface area (Å²) in [6, 6.07) is 1.44. The van der Waals surface area contributed by atoms with Crippen LogP contribution in [-0.2, 0) is 10.0 Å². The largest absolute Gasteiger partial charge is 0.329 e. The Morgan fingerprint density at radius 1 is 1.59 bits per heavy atom. The van der Waals surface area contributed by atoms with Gasteiger partial charge in [-0.1, -0.05) is 13.3 Å². The lowest BCUT2D eigenvalue weighted by Gasteiger charge is -2.15. The van der Waals surface area contributed by atoms with Gasteiger partial charge in [0.15, 0.2) is 0 Å².